The van der Waals surface area contributed by atoms with Crippen LogP contribution in [-0.2, 0) is 27.4 Å². The highest BCUT2D eigenvalue weighted by Crippen LogP contribution is 2.24. The number of anilines is 1. The van der Waals surface area contributed by atoms with Gasteiger partial charge in [-0.2, -0.15) is 0 Å². The lowest BCUT2D eigenvalue weighted by Gasteiger charge is -2.20. The lowest BCUT2D eigenvalue weighted by Crippen LogP contribution is -2.28. The molecule has 1 aromatic heterocycles. The number of hydrogen-bond donors (Lipinski definition) is 4. The Morgan fingerprint density at radius 1 is 1.06 bits per heavy atom. The highest BCUT2D eigenvalue weighted by Gasteiger charge is 2.22. The molecule has 8 nitrogen and oxygen atoms in total. The maximum absolute atomic E-state index is 13.8. The molecule has 31 heavy (non-hydrogen) atoms. The molecule has 4 N–H and O–H groups in total. The summed E-state index contributed by atoms with van der Waals surface area (Å²) < 4.78 is 13.8. The number of nitrogens with zero attached hydrogens (tertiary/aromatic N) is 1. The Kier molecular flexibility index (Phi) is 9.49. The molecule has 1 heterocycles. The summed E-state index contributed by atoms with van der Waals surface area (Å²) in [7, 11) is 0. The molecule has 0 bridgehead atoms. The number of pyridine rings is 1. The Morgan fingerprint density at radius 3 is 2.13 bits per heavy atom. The topological polar surface area (TPSA) is 137 Å². The number of amides is 1. The van der Waals surface area contributed by atoms with Crippen molar-refractivity contribution in [2.24, 2.45) is 5.41 Å². The van der Waals surface area contributed by atoms with Gasteiger partial charge in [0.05, 0.1) is 12.3 Å². The van der Waals surface area contributed by atoms with Crippen molar-refractivity contribution in [3.05, 3.63) is 71.3 Å². The second-order valence-electron chi connectivity index (χ2n) is 7.42. The van der Waals surface area contributed by atoms with Crippen molar-refractivity contribution in [3.63, 3.8) is 0 Å². The van der Waals surface area contributed by atoms with Crippen LogP contribution >= 0.6 is 0 Å². The predicted octanol–water partition coefficient (Wildman–Crippen LogP) is 3.00. The zero-order valence-corrected chi connectivity index (χ0v) is 17.4. The predicted molar refractivity (Wildman–Crippen MR) is 112 cm³/mol. The second kappa shape index (κ2) is 11.6. The molecule has 0 aliphatic carbocycles. The summed E-state index contributed by atoms with van der Waals surface area (Å²) in [5, 5.41) is 28.1. The molecule has 2 rings (SSSR count). The molecular formula is C22H25FN2O6. The lowest BCUT2D eigenvalue weighted by atomic mass is 9.95. The number of carbonyl (C=O) groups is 3. The molecule has 0 aliphatic heterocycles. The van der Waals surface area contributed by atoms with Crippen LogP contribution in [0.1, 0.15) is 37.6 Å². The minimum absolute atomic E-state index is 0.157. The van der Waals surface area contributed by atoms with Gasteiger partial charge in [-0.1, -0.05) is 39.0 Å². The zero-order chi connectivity index (χ0) is 23.6. The monoisotopic (exact) mass is 432 g/mol. The number of carboxylic acids is 2. The summed E-state index contributed by atoms with van der Waals surface area (Å²) >= 11 is 0. The van der Waals surface area contributed by atoms with Crippen molar-refractivity contribution in [2.75, 3.05) is 5.32 Å². The Morgan fingerprint density at radius 2 is 1.65 bits per heavy atom. The number of aliphatic hydroxyl groups excluding tert-OH is 1. The van der Waals surface area contributed by atoms with E-state index in [1.54, 1.807) is 30.5 Å². The van der Waals surface area contributed by atoms with E-state index >= 15 is 0 Å². The fourth-order valence-electron chi connectivity index (χ4n) is 2.26. The van der Waals surface area contributed by atoms with Crippen molar-refractivity contribution in [1.29, 1.82) is 0 Å². The number of aliphatic hydroxyl groups is 1. The van der Waals surface area contributed by atoms with E-state index in [2.05, 4.69) is 10.3 Å². The normalized spacial score (nSPS) is 10.9. The fourth-order valence-corrected chi connectivity index (χ4v) is 2.26. The molecule has 1 amide bonds. The summed E-state index contributed by atoms with van der Waals surface area (Å²) in [5.74, 6) is -2.99. The van der Waals surface area contributed by atoms with Crippen LogP contribution < -0.4 is 5.32 Å². The number of carboxylic acid groups (broad SMARTS) is 2. The van der Waals surface area contributed by atoms with E-state index in [4.69, 9.17) is 10.2 Å². The van der Waals surface area contributed by atoms with E-state index in [1.165, 1.54) is 6.07 Å². The van der Waals surface area contributed by atoms with Crippen LogP contribution in [0.4, 0.5) is 10.1 Å². The first-order valence-corrected chi connectivity index (χ1v) is 9.22. The Labute approximate surface area is 179 Å². The van der Waals surface area contributed by atoms with Crippen LogP contribution in [0.5, 0.6) is 0 Å². The molecular weight excluding hydrogens is 407 g/mol. The largest absolute Gasteiger partial charge is 0.478 e. The van der Waals surface area contributed by atoms with E-state index in [1.807, 2.05) is 20.8 Å². The molecule has 9 heteroatoms. The van der Waals surface area contributed by atoms with E-state index in [0.29, 0.717) is 34.7 Å². The Bertz CT molecular complexity index is 951. The molecule has 0 fully saturated rings. The second-order valence-corrected chi connectivity index (χ2v) is 7.42. The van der Waals surface area contributed by atoms with Crippen LogP contribution in [-0.4, -0.2) is 38.1 Å². The van der Waals surface area contributed by atoms with Gasteiger partial charge in [-0.25, -0.2) is 14.0 Å². The first-order valence-electron chi connectivity index (χ1n) is 9.22. The number of benzene rings is 1. The van der Waals surface area contributed by atoms with Gasteiger partial charge in [0, 0.05) is 41.4 Å². The van der Waals surface area contributed by atoms with Gasteiger partial charge >= 0.3 is 11.9 Å². The molecule has 0 saturated heterocycles. The van der Waals surface area contributed by atoms with Crippen molar-refractivity contribution < 1.29 is 34.1 Å². The molecule has 1 aromatic carbocycles. The highest BCUT2D eigenvalue weighted by atomic mass is 19.1. The van der Waals surface area contributed by atoms with Crippen molar-refractivity contribution >= 4 is 23.5 Å². The molecule has 166 valence electrons. The maximum atomic E-state index is 13.8. The fraction of sp³-hybridized carbons (Fsp3) is 0.273. The quantitative estimate of drug-likeness (QED) is 0.515. The third-order valence-electron chi connectivity index (χ3n) is 3.92. The minimum Gasteiger partial charge on any atom is -0.478 e. The summed E-state index contributed by atoms with van der Waals surface area (Å²) in [5.41, 5.74) is 1.50. The van der Waals surface area contributed by atoms with Crippen LogP contribution in [0.15, 0.2) is 48.7 Å². The first-order chi connectivity index (χ1) is 14.5. The smallest absolute Gasteiger partial charge is 0.328 e. The molecule has 0 spiro atoms. The van der Waals surface area contributed by atoms with Gasteiger partial charge in [-0.05, 0) is 17.7 Å². The van der Waals surface area contributed by atoms with Gasteiger partial charge in [0.25, 0.3) is 0 Å². The summed E-state index contributed by atoms with van der Waals surface area (Å²) in [6, 6.07) is 8.08. The van der Waals surface area contributed by atoms with Crippen LogP contribution in [0.25, 0.3) is 0 Å². The Hall–Kier alpha value is -3.59. The minimum atomic E-state index is -1.26. The van der Waals surface area contributed by atoms with E-state index in [9.17, 15) is 23.9 Å². The van der Waals surface area contributed by atoms with Gasteiger partial charge in [-0.15, -0.1) is 0 Å². The molecule has 0 saturated carbocycles. The lowest BCUT2D eigenvalue weighted by molar-refractivity contribution is -0.134. The van der Waals surface area contributed by atoms with Crippen LogP contribution in [0.2, 0.25) is 0 Å². The van der Waals surface area contributed by atoms with Gasteiger partial charge in [0.1, 0.15) is 5.82 Å². The average Bonchev–Trinajstić information content (AvgIpc) is 2.68. The molecule has 0 aliphatic rings. The third-order valence-corrected chi connectivity index (χ3v) is 3.92. The molecule has 0 atom stereocenters. The van der Waals surface area contributed by atoms with Gasteiger partial charge in [0.15, 0.2) is 0 Å². The van der Waals surface area contributed by atoms with E-state index < -0.39 is 17.4 Å². The summed E-state index contributed by atoms with van der Waals surface area (Å²) in [6.07, 6.45) is 2.92. The number of nitrogens with one attached hydrogen (secondary N) is 1. The Balaban J connectivity index is 0.000000512. The van der Waals surface area contributed by atoms with E-state index in [-0.39, 0.29) is 24.8 Å². The number of carbonyl (C=O) groups excluding carboxylic acids is 1. The van der Waals surface area contributed by atoms with Crippen molar-refractivity contribution in [3.8, 4) is 0 Å². The number of aliphatic carboxylic acids is 2. The summed E-state index contributed by atoms with van der Waals surface area (Å²) in [6.45, 7) is 5.14. The summed E-state index contributed by atoms with van der Waals surface area (Å²) in [4.78, 5) is 35.5. The third kappa shape index (κ3) is 8.75. The van der Waals surface area contributed by atoms with Crippen molar-refractivity contribution in [1.82, 2.24) is 4.98 Å². The number of rotatable bonds is 6. The molecule has 0 radical (unpaired) electrons. The highest BCUT2D eigenvalue weighted by molar-refractivity contribution is 5.95. The molecule has 0 unspecified atom stereocenters. The standard InChI is InChI=1S/C18H21FN2O2.C4H4O4/c1-18(2,3)17(23)21-15-8-9-20-16(13(15)11-22)10-12-6-4-5-7-14(12)19;5-3(6)1-2-4(7)8/h4-9,22H,10-11H2,1-3H3,(H,20,21,23);1-2H,(H,5,6)(H,7,8)/b;2-1-. The zero-order valence-electron chi connectivity index (χ0n) is 17.4. The van der Waals surface area contributed by atoms with Gasteiger partial charge in [0.2, 0.25) is 5.91 Å². The van der Waals surface area contributed by atoms with Crippen LogP contribution in [0, 0.1) is 11.2 Å². The number of hydrogen-bond acceptors (Lipinski definition) is 5. The van der Waals surface area contributed by atoms with E-state index in [0.717, 1.165) is 0 Å². The first kappa shape index (κ1) is 25.4. The number of halogens is 1. The van der Waals surface area contributed by atoms with Crippen LogP contribution in [0.3, 0.4) is 0 Å². The van der Waals surface area contributed by atoms with Gasteiger partial charge in [-0.3, -0.25) is 9.78 Å². The SMILES string of the molecule is CC(C)(C)C(=O)Nc1ccnc(Cc2ccccc2F)c1CO.O=C(O)/C=C\C(=O)O. The maximum Gasteiger partial charge on any atom is 0.328 e. The van der Waals surface area contributed by atoms with Crippen molar-refractivity contribution in [2.45, 2.75) is 33.8 Å². The average molecular weight is 432 g/mol. The molecule has 2 aromatic rings. The van der Waals surface area contributed by atoms with Gasteiger partial charge < -0.3 is 20.6 Å². The number of aromatic nitrogens is 1.